The van der Waals surface area contributed by atoms with Gasteiger partial charge in [0.2, 0.25) is 0 Å². The van der Waals surface area contributed by atoms with E-state index in [1.807, 2.05) is 0 Å². The Labute approximate surface area is 86.8 Å². The highest BCUT2D eigenvalue weighted by molar-refractivity contribution is 7.85. The summed E-state index contributed by atoms with van der Waals surface area (Å²) in [5.74, 6) is -0.517. The molecule has 0 saturated carbocycles. The first kappa shape index (κ1) is 11.5. The summed E-state index contributed by atoms with van der Waals surface area (Å²) < 4.78 is 29.7. The number of amidine groups is 1. The van der Waals surface area contributed by atoms with E-state index in [0.717, 1.165) is 0 Å². The molecule has 0 unspecified atom stereocenters. The van der Waals surface area contributed by atoms with Crippen molar-refractivity contribution in [1.82, 2.24) is 0 Å². The van der Waals surface area contributed by atoms with Crippen molar-refractivity contribution >= 4 is 16.0 Å². The molecule has 7 heteroatoms. The molecule has 1 aromatic carbocycles. The van der Waals surface area contributed by atoms with E-state index in [1.54, 1.807) is 0 Å². The van der Waals surface area contributed by atoms with E-state index >= 15 is 0 Å². The van der Waals surface area contributed by atoms with Crippen LogP contribution in [0.2, 0.25) is 0 Å². The van der Waals surface area contributed by atoms with Crippen LogP contribution in [0.4, 0.5) is 0 Å². The Hall–Kier alpha value is -1.60. The van der Waals surface area contributed by atoms with E-state index in [2.05, 4.69) is 5.16 Å². The first-order chi connectivity index (χ1) is 6.92. The third kappa shape index (κ3) is 3.56. The zero-order valence-corrected chi connectivity index (χ0v) is 8.48. The van der Waals surface area contributed by atoms with Gasteiger partial charge in [0.05, 0.1) is 0 Å². The zero-order valence-electron chi connectivity index (χ0n) is 7.66. The largest absolute Gasteiger partial charge is 0.409 e. The van der Waals surface area contributed by atoms with Gasteiger partial charge in [-0.15, -0.1) is 0 Å². The Balaban J connectivity index is 2.91. The van der Waals surface area contributed by atoms with Crippen molar-refractivity contribution in [2.24, 2.45) is 10.9 Å². The molecule has 1 rings (SSSR count). The topological polar surface area (TPSA) is 113 Å². The lowest BCUT2D eigenvalue weighted by molar-refractivity contribution is 0.318. The summed E-state index contributed by atoms with van der Waals surface area (Å²) in [5, 5.41) is 11.2. The molecule has 1 aromatic rings. The van der Waals surface area contributed by atoms with Gasteiger partial charge in [-0.1, -0.05) is 29.4 Å². The Morgan fingerprint density at radius 3 is 2.27 bits per heavy atom. The molecular weight excluding hydrogens is 220 g/mol. The van der Waals surface area contributed by atoms with Gasteiger partial charge >= 0.3 is 0 Å². The maximum Gasteiger partial charge on any atom is 0.269 e. The SMILES string of the molecule is NC(=NO)c1ccc(CS(=O)(=O)O)cc1. The molecule has 0 spiro atoms. The lowest BCUT2D eigenvalue weighted by Gasteiger charge is -2.01. The summed E-state index contributed by atoms with van der Waals surface area (Å²) in [5.41, 5.74) is 6.20. The predicted octanol–water partition coefficient (Wildman–Crippen LogP) is 0.169. The molecule has 0 atom stereocenters. The Morgan fingerprint density at radius 2 is 1.87 bits per heavy atom. The molecular formula is C8H10N2O4S. The lowest BCUT2D eigenvalue weighted by atomic mass is 10.1. The van der Waals surface area contributed by atoms with Gasteiger partial charge in [0, 0.05) is 5.56 Å². The minimum atomic E-state index is -4.03. The van der Waals surface area contributed by atoms with Crippen molar-refractivity contribution in [2.45, 2.75) is 5.75 Å². The van der Waals surface area contributed by atoms with Gasteiger partial charge in [0.25, 0.3) is 10.1 Å². The minimum Gasteiger partial charge on any atom is -0.409 e. The predicted molar refractivity (Wildman–Crippen MR) is 54.2 cm³/mol. The van der Waals surface area contributed by atoms with E-state index in [4.69, 9.17) is 15.5 Å². The van der Waals surface area contributed by atoms with Gasteiger partial charge in [-0.25, -0.2) is 0 Å². The number of nitrogens with zero attached hydrogens (tertiary/aromatic N) is 1. The third-order valence-electron chi connectivity index (χ3n) is 1.71. The van der Waals surface area contributed by atoms with Crippen molar-refractivity contribution in [1.29, 1.82) is 0 Å². The highest BCUT2D eigenvalue weighted by atomic mass is 32.2. The molecule has 0 bridgehead atoms. The number of oxime groups is 1. The van der Waals surface area contributed by atoms with Gasteiger partial charge in [-0.05, 0) is 5.56 Å². The molecule has 0 radical (unpaired) electrons. The number of hydrogen-bond donors (Lipinski definition) is 3. The molecule has 0 fully saturated rings. The van der Waals surface area contributed by atoms with Crippen molar-refractivity contribution in [3.63, 3.8) is 0 Å². The highest BCUT2D eigenvalue weighted by Crippen LogP contribution is 2.07. The number of benzene rings is 1. The van der Waals surface area contributed by atoms with Crippen LogP contribution in [0.1, 0.15) is 11.1 Å². The summed E-state index contributed by atoms with van der Waals surface area (Å²) in [4.78, 5) is 0. The number of rotatable bonds is 3. The second-order valence-corrected chi connectivity index (χ2v) is 4.36. The minimum absolute atomic E-state index is 0.0617. The summed E-state index contributed by atoms with van der Waals surface area (Å²) in [6.45, 7) is 0. The van der Waals surface area contributed by atoms with Gasteiger partial charge in [-0.2, -0.15) is 8.42 Å². The van der Waals surface area contributed by atoms with E-state index in [-0.39, 0.29) is 5.84 Å². The highest BCUT2D eigenvalue weighted by Gasteiger charge is 2.06. The van der Waals surface area contributed by atoms with Crippen molar-refractivity contribution in [3.8, 4) is 0 Å². The summed E-state index contributed by atoms with van der Waals surface area (Å²) in [6.07, 6.45) is 0. The fourth-order valence-corrected chi connectivity index (χ4v) is 1.65. The summed E-state index contributed by atoms with van der Waals surface area (Å²) in [7, 11) is -4.03. The van der Waals surface area contributed by atoms with Crippen LogP contribution in [0.3, 0.4) is 0 Å². The van der Waals surface area contributed by atoms with Gasteiger partial charge in [0.1, 0.15) is 5.75 Å². The summed E-state index contributed by atoms with van der Waals surface area (Å²) >= 11 is 0. The van der Waals surface area contributed by atoms with Crippen LogP contribution in [0.25, 0.3) is 0 Å². The van der Waals surface area contributed by atoms with Crippen LogP contribution in [-0.2, 0) is 15.9 Å². The van der Waals surface area contributed by atoms with E-state index in [9.17, 15) is 8.42 Å². The molecule has 0 aromatic heterocycles. The molecule has 4 N–H and O–H groups in total. The zero-order chi connectivity index (χ0) is 11.5. The monoisotopic (exact) mass is 230 g/mol. The quantitative estimate of drug-likeness (QED) is 0.225. The molecule has 15 heavy (non-hydrogen) atoms. The number of hydrogen-bond acceptors (Lipinski definition) is 4. The number of nitrogens with two attached hydrogens (primary N) is 1. The average molecular weight is 230 g/mol. The van der Waals surface area contributed by atoms with Crippen LogP contribution < -0.4 is 5.73 Å². The van der Waals surface area contributed by atoms with Crippen molar-refractivity contribution in [2.75, 3.05) is 0 Å². The van der Waals surface area contributed by atoms with E-state index < -0.39 is 15.9 Å². The van der Waals surface area contributed by atoms with Crippen LogP contribution in [0.15, 0.2) is 29.4 Å². The maximum absolute atomic E-state index is 10.5. The smallest absolute Gasteiger partial charge is 0.269 e. The van der Waals surface area contributed by atoms with E-state index in [0.29, 0.717) is 11.1 Å². The van der Waals surface area contributed by atoms with Crippen LogP contribution in [0.5, 0.6) is 0 Å². The van der Waals surface area contributed by atoms with Crippen LogP contribution in [0, 0.1) is 0 Å². The van der Waals surface area contributed by atoms with Gasteiger partial charge < -0.3 is 10.9 Å². The molecule has 0 heterocycles. The second-order valence-electron chi connectivity index (χ2n) is 2.91. The molecule has 0 saturated heterocycles. The van der Waals surface area contributed by atoms with Crippen LogP contribution >= 0.6 is 0 Å². The molecule has 0 aliphatic carbocycles. The average Bonchev–Trinajstić information content (AvgIpc) is 2.15. The Kier molecular flexibility index (Phi) is 3.28. The van der Waals surface area contributed by atoms with Crippen molar-refractivity contribution in [3.05, 3.63) is 35.4 Å². The van der Waals surface area contributed by atoms with Crippen LogP contribution in [-0.4, -0.2) is 24.0 Å². The Morgan fingerprint density at radius 1 is 1.33 bits per heavy atom. The molecule has 6 nitrogen and oxygen atoms in total. The fraction of sp³-hybridized carbons (Fsp3) is 0.125. The first-order valence-electron chi connectivity index (χ1n) is 3.94. The maximum atomic E-state index is 10.5. The fourth-order valence-electron chi connectivity index (χ4n) is 1.04. The molecule has 0 amide bonds. The Bertz CT molecular complexity index is 464. The molecule has 82 valence electrons. The van der Waals surface area contributed by atoms with Gasteiger partial charge in [0.15, 0.2) is 5.84 Å². The lowest BCUT2D eigenvalue weighted by Crippen LogP contribution is -2.13. The second kappa shape index (κ2) is 4.28. The first-order valence-corrected chi connectivity index (χ1v) is 5.55. The normalized spacial score (nSPS) is 12.7. The standard InChI is InChI=1S/C8H10N2O4S/c9-8(10-11)7-3-1-6(2-4-7)5-15(12,13)14/h1-4,11H,5H2,(H2,9,10)(H,12,13,14). The van der Waals surface area contributed by atoms with Gasteiger partial charge in [-0.3, -0.25) is 4.55 Å². The van der Waals surface area contributed by atoms with Crippen molar-refractivity contribution < 1.29 is 18.2 Å². The molecule has 0 aliphatic heterocycles. The third-order valence-corrected chi connectivity index (χ3v) is 2.40. The van der Waals surface area contributed by atoms with E-state index in [1.165, 1.54) is 24.3 Å². The molecule has 0 aliphatic rings. The summed E-state index contributed by atoms with van der Waals surface area (Å²) in [6, 6.07) is 5.94.